The molecule has 3 amide bonds. The smallest absolute Gasteiger partial charge is 0.246 e. The highest BCUT2D eigenvalue weighted by atomic mass is 35.5. The summed E-state index contributed by atoms with van der Waals surface area (Å²) in [4.78, 5) is 42.6. The van der Waals surface area contributed by atoms with E-state index in [9.17, 15) is 14.4 Å². The predicted octanol–water partition coefficient (Wildman–Crippen LogP) is 3.35. The first-order chi connectivity index (χ1) is 13.0. The molecule has 0 bridgehead atoms. The van der Waals surface area contributed by atoms with Crippen molar-refractivity contribution >= 4 is 45.8 Å². The second kappa shape index (κ2) is 7.25. The molecule has 1 aromatic heterocycles. The Morgan fingerprint density at radius 1 is 1.15 bits per heavy atom. The number of rotatable bonds is 4. The van der Waals surface area contributed by atoms with Crippen LogP contribution in [0.25, 0.3) is 11.3 Å². The van der Waals surface area contributed by atoms with Gasteiger partial charge >= 0.3 is 0 Å². The van der Waals surface area contributed by atoms with Crippen LogP contribution in [-0.2, 0) is 14.4 Å². The Labute approximate surface area is 164 Å². The molecular formula is C19H16ClN3O3S. The van der Waals surface area contributed by atoms with Crippen LogP contribution in [0.15, 0.2) is 41.8 Å². The largest absolute Gasteiger partial charge is 0.300 e. The summed E-state index contributed by atoms with van der Waals surface area (Å²) >= 11 is 7.17. The number of nitrogens with one attached hydrogen (secondary N) is 1. The van der Waals surface area contributed by atoms with Gasteiger partial charge in [-0.05, 0) is 25.0 Å². The Morgan fingerprint density at radius 2 is 1.78 bits per heavy atom. The average Bonchev–Trinajstić information content (AvgIpc) is 3.22. The second-order valence-corrected chi connectivity index (χ2v) is 7.81. The van der Waals surface area contributed by atoms with Gasteiger partial charge in [-0.25, -0.2) is 4.98 Å². The van der Waals surface area contributed by atoms with Crippen LogP contribution < -0.4 is 5.32 Å². The molecule has 0 saturated carbocycles. The van der Waals surface area contributed by atoms with E-state index in [1.165, 1.54) is 11.3 Å². The molecule has 0 radical (unpaired) electrons. The molecule has 1 fully saturated rings. The van der Waals surface area contributed by atoms with Crippen molar-refractivity contribution in [3.63, 3.8) is 0 Å². The van der Waals surface area contributed by atoms with Gasteiger partial charge in [0.1, 0.15) is 6.54 Å². The minimum Gasteiger partial charge on any atom is -0.300 e. The molecular weight excluding hydrogens is 386 g/mol. The number of benzene rings is 1. The van der Waals surface area contributed by atoms with E-state index in [2.05, 4.69) is 10.3 Å². The number of anilines is 1. The molecule has 138 valence electrons. The number of amides is 3. The number of fused-ring (bicyclic) bond motifs is 1. The van der Waals surface area contributed by atoms with Crippen molar-refractivity contribution in [3.8, 4) is 11.3 Å². The Morgan fingerprint density at radius 3 is 2.41 bits per heavy atom. The van der Waals surface area contributed by atoms with E-state index >= 15 is 0 Å². The number of imide groups is 1. The molecule has 8 heteroatoms. The van der Waals surface area contributed by atoms with E-state index in [0.29, 0.717) is 23.0 Å². The number of hydrogen-bond acceptors (Lipinski definition) is 5. The molecule has 4 rings (SSSR count). The summed E-state index contributed by atoms with van der Waals surface area (Å²) in [6.45, 7) is -0.277. The fraction of sp³-hybridized carbons (Fsp3) is 0.263. The van der Waals surface area contributed by atoms with E-state index < -0.39 is 5.91 Å². The van der Waals surface area contributed by atoms with E-state index in [1.807, 2.05) is 29.7 Å². The molecule has 0 spiro atoms. The monoisotopic (exact) mass is 401 g/mol. The van der Waals surface area contributed by atoms with E-state index in [0.717, 1.165) is 16.2 Å². The van der Waals surface area contributed by atoms with Gasteiger partial charge in [0.2, 0.25) is 17.7 Å². The lowest BCUT2D eigenvalue weighted by molar-refractivity contribution is -0.142. The Balaban J connectivity index is 1.41. The van der Waals surface area contributed by atoms with Gasteiger partial charge in [-0.1, -0.05) is 35.9 Å². The molecule has 2 aliphatic rings. The number of allylic oxidation sites excluding steroid dienone is 2. The van der Waals surface area contributed by atoms with Crippen molar-refractivity contribution in [2.24, 2.45) is 11.8 Å². The van der Waals surface area contributed by atoms with Crippen molar-refractivity contribution < 1.29 is 14.4 Å². The summed E-state index contributed by atoms with van der Waals surface area (Å²) in [5.41, 5.74) is 1.61. The van der Waals surface area contributed by atoms with Gasteiger partial charge in [0.15, 0.2) is 5.13 Å². The third kappa shape index (κ3) is 3.52. The maximum atomic E-state index is 12.4. The number of nitrogens with zero attached hydrogens (tertiary/aromatic N) is 2. The lowest BCUT2D eigenvalue weighted by Crippen LogP contribution is -2.38. The summed E-state index contributed by atoms with van der Waals surface area (Å²) in [6.07, 6.45) is 4.96. The number of carbonyl (C=O) groups excluding carboxylic acids is 3. The van der Waals surface area contributed by atoms with Crippen LogP contribution in [0.5, 0.6) is 0 Å². The van der Waals surface area contributed by atoms with E-state index in [1.54, 1.807) is 12.1 Å². The highest BCUT2D eigenvalue weighted by Crippen LogP contribution is 2.35. The molecule has 1 aromatic carbocycles. The summed E-state index contributed by atoms with van der Waals surface area (Å²) in [5, 5.41) is 5.55. The number of likely N-dealkylation sites (tertiary alicyclic amines) is 1. The Kier molecular flexibility index (Phi) is 4.80. The molecule has 2 heterocycles. The third-order valence-corrected chi connectivity index (χ3v) is 5.80. The highest BCUT2D eigenvalue weighted by molar-refractivity contribution is 7.14. The number of halogens is 1. The molecule has 1 N–H and O–H groups in total. The molecule has 27 heavy (non-hydrogen) atoms. The van der Waals surface area contributed by atoms with Gasteiger partial charge in [0, 0.05) is 16.0 Å². The number of aromatic nitrogens is 1. The number of carbonyl (C=O) groups is 3. The summed E-state index contributed by atoms with van der Waals surface area (Å²) < 4.78 is 0. The van der Waals surface area contributed by atoms with Gasteiger partial charge in [-0.3, -0.25) is 19.3 Å². The molecule has 1 aliphatic heterocycles. The first-order valence-electron chi connectivity index (χ1n) is 8.54. The van der Waals surface area contributed by atoms with Crippen molar-refractivity contribution in [3.05, 3.63) is 46.8 Å². The molecule has 2 atom stereocenters. The number of hydrogen-bond donors (Lipinski definition) is 1. The van der Waals surface area contributed by atoms with Gasteiger partial charge in [-0.2, -0.15) is 0 Å². The topological polar surface area (TPSA) is 79.4 Å². The lowest BCUT2D eigenvalue weighted by atomic mass is 9.85. The zero-order valence-corrected chi connectivity index (χ0v) is 15.8. The van der Waals surface area contributed by atoms with Crippen molar-refractivity contribution in [2.45, 2.75) is 12.8 Å². The van der Waals surface area contributed by atoms with E-state index in [4.69, 9.17) is 11.6 Å². The second-order valence-electron chi connectivity index (χ2n) is 6.51. The van der Waals surface area contributed by atoms with Crippen LogP contribution >= 0.6 is 22.9 Å². The minimum absolute atomic E-state index is 0.259. The molecule has 2 aromatic rings. The highest BCUT2D eigenvalue weighted by Gasteiger charge is 2.47. The number of thiazole rings is 1. The van der Waals surface area contributed by atoms with Crippen LogP contribution in [0.3, 0.4) is 0 Å². The fourth-order valence-corrected chi connectivity index (χ4v) is 4.27. The van der Waals surface area contributed by atoms with Crippen LogP contribution in [0.1, 0.15) is 12.8 Å². The zero-order chi connectivity index (χ0) is 19.0. The van der Waals surface area contributed by atoms with Gasteiger partial charge in [0.25, 0.3) is 0 Å². The summed E-state index contributed by atoms with van der Waals surface area (Å²) in [6, 6.07) is 7.24. The maximum absolute atomic E-state index is 12.4. The molecule has 6 nitrogen and oxygen atoms in total. The third-order valence-electron chi connectivity index (χ3n) is 4.79. The average molecular weight is 402 g/mol. The lowest BCUT2D eigenvalue weighted by Gasteiger charge is -2.14. The maximum Gasteiger partial charge on any atom is 0.246 e. The zero-order valence-electron chi connectivity index (χ0n) is 14.2. The summed E-state index contributed by atoms with van der Waals surface area (Å²) in [7, 11) is 0. The minimum atomic E-state index is -0.430. The Bertz CT molecular complexity index is 912. The van der Waals surface area contributed by atoms with Crippen LogP contribution in [0.2, 0.25) is 5.02 Å². The van der Waals surface area contributed by atoms with Crippen LogP contribution in [-0.4, -0.2) is 34.2 Å². The van der Waals surface area contributed by atoms with Crippen molar-refractivity contribution in [1.29, 1.82) is 0 Å². The SMILES string of the molecule is O=C(CN1C(=O)[C@@H]2CC=CC[C@H]2C1=O)Nc1nc(-c2ccc(Cl)cc2)cs1. The first kappa shape index (κ1) is 17.9. The van der Waals surface area contributed by atoms with Gasteiger partial charge < -0.3 is 5.32 Å². The predicted molar refractivity (Wildman–Crippen MR) is 103 cm³/mol. The van der Waals surface area contributed by atoms with Crippen molar-refractivity contribution in [1.82, 2.24) is 9.88 Å². The van der Waals surface area contributed by atoms with Crippen molar-refractivity contribution in [2.75, 3.05) is 11.9 Å². The normalized spacial score (nSPS) is 21.4. The van der Waals surface area contributed by atoms with Crippen LogP contribution in [0.4, 0.5) is 5.13 Å². The quantitative estimate of drug-likeness (QED) is 0.629. The molecule has 1 saturated heterocycles. The van der Waals surface area contributed by atoms with Gasteiger partial charge in [-0.15, -0.1) is 11.3 Å². The van der Waals surface area contributed by atoms with E-state index in [-0.39, 0.29) is 30.2 Å². The standard InChI is InChI=1S/C19H16ClN3O3S/c20-12-7-5-11(6-8-12)15-10-27-19(21-15)22-16(24)9-23-17(25)13-3-1-2-4-14(13)18(23)26/h1-2,5-8,10,13-14H,3-4,9H2,(H,21,22,24)/t13-,14-/m1/s1. The Hall–Kier alpha value is -2.51. The molecule has 0 unspecified atom stereocenters. The fourth-order valence-electron chi connectivity index (χ4n) is 3.41. The first-order valence-corrected chi connectivity index (χ1v) is 9.80. The summed E-state index contributed by atoms with van der Waals surface area (Å²) in [5.74, 6) is -1.60. The van der Waals surface area contributed by atoms with Gasteiger partial charge in [0.05, 0.1) is 17.5 Å². The van der Waals surface area contributed by atoms with Crippen LogP contribution in [0, 0.1) is 11.8 Å². The molecule has 1 aliphatic carbocycles.